The van der Waals surface area contributed by atoms with Crippen LogP contribution in [-0.2, 0) is 13.0 Å². The number of aryl methyl sites for hydroxylation is 1. The molecule has 29 heavy (non-hydrogen) atoms. The second kappa shape index (κ2) is 7.75. The third-order valence-corrected chi connectivity index (χ3v) is 5.64. The first-order valence-corrected chi connectivity index (χ1v) is 10.5. The van der Waals surface area contributed by atoms with Gasteiger partial charge < -0.3 is 0 Å². The highest BCUT2D eigenvalue weighted by molar-refractivity contribution is 7.22. The van der Waals surface area contributed by atoms with Crippen LogP contribution in [0.3, 0.4) is 0 Å². The number of rotatable bonds is 5. The molecule has 0 aliphatic rings. The van der Waals surface area contributed by atoms with E-state index in [9.17, 15) is 9.59 Å². The molecule has 2 aromatic heterocycles. The number of fused-ring (bicyclic) bond motifs is 2. The van der Waals surface area contributed by atoms with Crippen molar-refractivity contribution in [3.05, 3.63) is 64.1 Å². The van der Waals surface area contributed by atoms with Gasteiger partial charge in [-0.15, -0.1) is 0 Å². The lowest BCUT2D eigenvalue weighted by Crippen LogP contribution is -2.29. The summed E-state index contributed by atoms with van der Waals surface area (Å²) in [5, 5.41) is 8.81. The number of hydrogen-bond acceptors (Lipinski definition) is 5. The molecule has 0 aliphatic heterocycles. The Bertz CT molecular complexity index is 1270. The van der Waals surface area contributed by atoms with Crippen LogP contribution < -0.4 is 10.9 Å². The van der Waals surface area contributed by atoms with E-state index >= 15 is 0 Å². The predicted octanol–water partition coefficient (Wildman–Crippen LogP) is 4.48. The molecule has 0 saturated heterocycles. The number of aromatic nitrogens is 3. The average molecular weight is 407 g/mol. The van der Waals surface area contributed by atoms with E-state index in [-0.39, 0.29) is 23.1 Å². The van der Waals surface area contributed by atoms with E-state index in [2.05, 4.69) is 28.4 Å². The number of nitrogens with zero attached hydrogens (tertiary/aromatic N) is 3. The van der Waals surface area contributed by atoms with Gasteiger partial charge in [-0.1, -0.05) is 56.4 Å². The van der Waals surface area contributed by atoms with E-state index in [0.717, 1.165) is 16.6 Å². The summed E-state index contributed by atoms with van der Waals surface area (Å²) in [5.41, 5.74) is 2.13. The Balaban J connectivity index is 1.74. The van der Waals surface area contributed by atoms with Crippen molar-refractivity contribution in [1.82, 2.24) is 14.8 Å². The van der Waals surface area contributed by atoms with Crippen molar-refractivity contribution in [2.45, 2.75) is 33.7 Å². The Morgan fingerprint density at radius 3 is 2.66 bits per heavy atom. The van der Waals surface area contributed by atoms with Crippen LogP contribution >= 0.6 is 11.3 Å². The standard InChI is InChI=1S/C22H22N4O2S/c1-4-14-9-10-17-18(11-14)29-22(23-17)24-20(27)19-15-7-5-6-8-16(15)21(28)26(25-19)12-13(2)3/h5-11,13H,4,12H2,1-3H3,(H,23,24,27). The summed E-state index contributed by atoms with van der Waals surface area (Å²) in [6, 6.07) is 13.2. The molecule has 0 bridgehead atoms. The summed E-state index contributed by atoms with van der Waals surface area (Å²) >= 11 is 1.43. The van der Waals surface area contributed by atoms with Crippen LogP contribution in [0.5, 0.6) is 0 Å². The lowest BCUT2D eigenvalue weighted by molar-refractivity contribution is 0.102. The molecule has 1 N–H and O–H groups in total. The summed E-state index contributed by atoms with van der Waals surface area (Å²) in [6.45, 7) is 6.57. The van der Waals surface area contributed by atoms with Crippen molar-refractivity contribution in [2.75, 3.05) is 5.32 Å². The molecular formula is C22H22N4O2S. The molecule has 1 amide bonds. The molecule has 0 spiro atoms. The highest BCUT2D eigenvalue weighted by Crippen LogP contribution is 2.27. The maximum Gasteiger partial charge on any atom is 0.278 e. The third-order valence-electron chi connectivity index (χ3n) is 4.70. The normalized spacial score (nSPS) is 11.4. The van der Waals surface area contributed by atoms with Gasteiger partial charge in [-0.25, -0.2) is 9.67 Å². The maximum atomic E-state index is 13.1. The number of carbonyl (C=O) groups is 1. The van der Waals surface area contributed by atoms with Gasteiger partial charge in [0.15, 0.2) is 10.8 Å². The molecule has 2 heterocycles. The van der Waals surface area contributed by atoms with Crippen molar-refractivity contribution in [1.29, 1.82) is 0 Å². The van der Waals surface area contributed by atoms with E-state index in [4.69, 9.17) is 0 Å². The number of amides is 1. The monoisotopic (exact) mass is 406 g/mol. The van der Waals surface area contributed by atoms with Gasteiger partial charge >= 0.3 is 0 Å². The smallest absolute Gasteiger partial charge is 0.278 e. The molecule has 6 nitrogen and oxygen atoms in total. The first kappa shape index (κ1) is 19.3. The summed E-state index contributed by atoms with van der Waals surface area (Å²) in [5.74, 6) is -0.136. The number of anilines is 1. The van der Waals surface area contributed by atoms with Crippen molar-refractivity contribution in [3.8, 4) is 0 Å². The van der Waals surface area contributed by atoms with Gasteiger partial charge in [-0.2, -0.15) is 5.10 Å². The first-order valence-electron chi connectivity index (χ1n) is 9.67. The zero-order chi connectivity index (χ0) is 20.5. The summed E-state index contributed by atoms with van der Waals surface area (Å²) in [7, 11) is 0. The highest BCUT2D eigenvalue weighted by Gasteiger charge is 2.18. The number of nitrogens with one attached hydrogen (secondary N) is 1. The van der Waals surface area contributed by atoms with Crippen LogP contribution in [0.25, 0.3) is 21.0 Å². The van der Waals surface area contributed by atoms with Gasteiger partial charge in [-0.05, 0) is 36.1 Å². The molecular weight excluding hydrogens is 384 g/mol. The fourth-order valence-corrected chi connectivity index (χ4v) is 4.20. The van der Waals surface area contributed by atoms with Crippen LogP contribution in [0.15, 0.2) is 47.3 Å². The Labute approximate surface area is 172 Å². The van der Waals surface area contributed by atoms with Crippen LogP contribution in [0, 0.1) is 5.92 Å². The minimum Gasteiger partial charge on any atom is -0.296 e. The molecule has 148 valence electrons. The molecule has 0 radical (unpaired) electrons. The van der Waals surface area contributed by atoms with Gasteiger partial charge in [0.05, 0.1) is 15.6 Å². The van der Waals surface area contributed by atoms with Crippen molar-refractivity contribution >= 4 is 43.4 Å². The number of thiazole rings is 1. The maximum absolute atomic E-state index is 13.1. The summed E-state index contributed by atoms with van der Waals surface area (Å²) in [4.78, 5) is 30.3. The van der Waals surface area contributed by atoms with Gasteiger partial charge in [0.2, 0.25) is 0 Å². The van der Waals surface area contributed by atoms with E-state index in [1.165, 1.54) is 21.6 Å². The van der Waals surface area contributed by atoms with Crippen LogP contribution in [0.2, 0.25) is 0 Å². The fraction of sp³-hybridized carbons (Fsp3) is 0.273. The van der Waals surface area contributed by atoms with E-state index in [1.807, 2.05) is 26.0 Å². The summed E-state index contributed by atoms with van der Waals surface area (Å²) < 4.78 is 2.41. The van der Waals surface area contributed by atoms with Gasteiger partial charge in [-0.3, -0.25) is 14.9 Å². The van der Waals surface area contributed by atoms with Gasteiger partial charge in [0.1, 0.15) is 0 Å². The Morgan fingerprint density at radius 1 is 1.17 bits per heavy atom. The van der Waals surface area contributed by atoms with E-state index < -0.39 is 0 Å². The number of benzene rings is 2. The van der Waals surface area contributed by atoms with Crippen LogP contribution in [0.4, 0.5) is 5.13 Å². The lowest BCUT2D eigenvalue weighted by atomic mass is 10.1. The van der Waals surface area contributed by atoms with Crippen LogP contribution in [0.1, 0.15) is 36.8 Å². The third kappa shape index (κ3) is 3.78. The lowest BCUT2D eigenvalue weighted by Gasteiger charge is -2.12. The first-order chi connectivity index (χ1) is 14.0. The molecule has 7 heteroatoms. The minimum atomic E-state index is -0.367. The average Bonchev–Trinajstić information content (AvgIpc) is 3.11. The Kier molecular flexibility index (Phi) is 5.15. The fourth-order valence-electron chi connectivity index (χ4n) is 3.27. The van der Waals surface area contributed by atoms with Gasteiger partial charge in [0, 0.05) is 11.9 Å². The van der Waals surface area contributed by atoms with E-state index in [0.29, 0.717) is 22.4 Å². The van der Waals surface area contributed by atoms with Crippen LogP contribution in [-0.4, -0.2) is 20.7 Å². The largest absolute Gasteiger partial charge is 0.296 e. The Morgan fingerprint density at radius 2 is 1.93 bits per heavy atom. The zero-order valence-corrected chi connectivity index (χ0v) is 17.4. The number of carbonyl (C=O) groups excluding carboxylic acids is 1. The zero-order valence-electron chi connectivity index (χ0n) is 16.6. The number of hydrogen-bond donors (Lipinski definition) is 1. The predicted molar refractivity (Wildman–Crippen MR) is 118 cm³/mol. The van der Waals surface area contributed by atoms with Gasteiger partial charge in [0.25, 0.3) is 11.5 Å². The quantitative estimate of drug-likeness (QED) is 0.530. The Hall–Kier alpha value is -3.06. The second-order valence-electron chi connectivity index (χ2n) is 7.40. The molecule has 0 saturated carbocycles. The van der Waals surface area contributed by atoms with Crippen molar-refractivity contribution in [2.24, 2.45) is 5.92 Å². The summed E-state index contributed by atoms with van der Waals surface area (Å²) in [6.07, 6.45) is 0.947. The highest BCUT2D eigenvalue weighted by atomic mass is 32.1. The second-order valence-corrected chi connectivity index (χ2v) is 8.43. The molecule has 2 aromatic carbocycles. The molecule has 4 aromatic rings. The van der Waals surface area contributed by atoms with Crippen molar-refractivity contribution in [3.63, 3.8) is 0 Å². The molecule has 0 unspecified atom stereocenters. The SMILES string of the molecule is CCc1ccc2nc(NC(=O)c3nn(CC(C)C)c(=O)c4ccccc34)sc2c1. The molecule has 0 atom stereocenters. The van der Waals surface area contributed by atoms with Crippen molar-refractivity contribution < 1.29 is 4.79 Å². The topological polar surface area (TPSA) is 76.9 Å². The molecule has 4 rings (SSSR count). The minimum absolute atomic E-state index is 0.182. The van der Waals surface area contributed by atoms with E-state index in [1.54, 1.807) is 24.3 Å². The molecule has 0 aliphatic carbocycles. The molecule has 0 fully saturated rings.